The van der Waals surface area contributed by atoms with Gasteiger partial charge in [-0.1, -0.05) is 38.2 Å². The minimum atomic E-state index is -0.114. The molecule has 0 saturated heterocycles. The highest BCUT2D eigenvalue weighted by Crippen LogP contribution is 2.43. The summed E-state index contributed by atoms with van der Waals surface area (Å²) in [6.45, 7) is 0. The Hall–Kier alpha value is -0.370. The minimum absolute atomic E-state index is 0.114. The maximum Gasteiger partial charge on any atom is 0.137 e. The molecule has 0 aliphatic heterocycles. The smallest absolute Gasteiger partial charge is 0.137 e. The first-order valence-electron chi connectivity index (χ1n) is 8.19. The van der Waals surface area contributed by atoms with Crippen molar-refractivity contribution in [2.45, 2.75) is 63.7 Å². The van der Waals surface area contributed by atoms with Crippen molar-refractivity contribution in [1.82, 2.24) is 0 Å². The standard InChI is InChI=1S/C18H24BrF/c19-17-11-10-16(12-18(17)20)15-8-6-14(7-9-15)13-4-2-1-3-5-13/h10-15H,1-9H2. The highest BCUT2D eigenvalue weighted by molar-refractivity contribution is 9.10. The molecule has 2 aliphatic carbocycles. The van der Waals surface area contributed by atoms with Crippen LogP contribution in [0, 0.1) is 17.7 Å². The number of rotatable bonds is 2. The van der Waals surface area contributed by atoms with Crippen LogP contribution in [-0.2, 0) is 0 Å². The van der Waals surface area contributed by atoms with E-state index >= 15 is 0 Å². The Morgan fingerprint density at radius 2 is 1.50 bits per heavy atom. The third-order valence-corrected chi connectivity index (χ3v) is 6.15. The van der Waals surface area contributed by atoms with Gasteiger partial charge in [0, 0.05) is 0 Å². The Labute approximate surface area is 130 Å². The quantitative estimate of drug-likeness (QED) is 0.581. The lowest BCUT2D eigenvalue weighted by atomic mass is 9.70. The summed E-state index contributed by atoms with van der Waals surface area (Å²) in [7, 11) is 0. The molecular weight excluding hydrogens is 315 g/mol. The summed E-state index contributed by atoms with van der Waals surface area (Å²) >= 11 is 3.24. The Morgan fingerprint density at radius 1 is 0.850 bits per heavy atom. The van der Waals surface area contributed by atoms with Gasteiger partial charge in [-0.2, -0.15) is 0 Å². The van der Waals surface area contributed by atoms with Crippen molar-refractivity contribution in [3.05, 3.63) is 34.1 Å². The molecule has 0 atom stereocenters. The molecule has 0 nitrogen and oxygen atoms in total. The van der Waals surface area contributed by atoms with Crippen LogP contribution in [0.5, 0.6) is 0 Å². The van der Waals surface area contributed by atoms with Crippen molar-refractivity contribution < 1.29 is 4.39 Å². The molecular formula is C18H24BrF. The summed E-state index contributed by atoms with van der Waals surface area (Å²) in [5.74, 6) is 2.41. The monoisotopic (exact) mass is 338 g/mol. The molecule has 0 unspecified atom stereocenters. The van der Waals surface area contributed by atoms with Gasteiger partial charge >= 0.3 is 0 Å². The molecule has 0 spiro atoms. The van der Waals surface area contributed by atoms with E-state index in [0.29, 0.717) is 10.4 Å². The lowest BCUT2D eigenvalue weighted by Gasteiger charge is -2.36. The summed E-state index contributed by atoms with van der Waals surface area (Å²) in [4.78, 5) is 0. The lowest BCUT2D eigenvalue weighted by molar-refractivity contribution is 0.186. The van der Waals surface area contributed by atoms with E-state index in [4.69, 9.17) is 0 Å². The summed E-state index contributed by atoms with van der Waals surface area (Å²) in [5, 5.41) is 0. The maximum absolute atomic E-state index is 13.7. The molecule has 1 aromatic rings. The zero-order valence-corrected chi connectivity index (χ0v) is 13.7. The first-order chi connectivity index (χ1) is 9.74. The van der Waals surface area contributed by atoms with Crippen molar-refractivity contribution in [1.29, 1.82) is 0 Å². The summed E-state index contributed by atoms with van der Waals surface area (Å²) in [6, 6.07) is 5.69. The molecule has 0 heterocycles. The second-order valence-corrected chi connectivity index (χ2v) is 7.54. The van der Waals surface area contributed by atoms with Crippen LogP contribution in [-0.4, -0.2) is 0 Å². The molecule has 20 heavy (non-hydrogen) atoms. The lowest BCUT2D eigenvalue weighted by Crippen LogP contribution is -2.23. The SMILES string of the molecule is Fc1cc(C2CCC(C3CCCCC3)CC2)ccc1Br. The van der Waals surface area contributed by atoms with E-state index in [1.54, 1.807) is 6.07 Å². The molecule has 110 valence electrons. The van der Waals surface area contributed by atoms with E-state index in [9.17, 15) is 4.39 Å². The molecule has 0 radical (unpaired) electrons. The largest absolute Gasteiger partial charge is 0.206 e. The topological polar surface area (TPSA) is 0 Å². The van der Waals surface area contributed by atoms with Crippen LogP contribution in [0.4, 0.5) is 4.39 Å². The number of benzene rings is 1. The van der Waals surface area contributed by atoms with Gasteiger partial charge in [-0.3, -0.25) is 0 Å². The fourth-order valence-electron chi connectivity index (χ4n) is 4.30. The molecule has 2 fully saturated rings. The van der Waals surface area contributed by atoms with Crippen molar-refractivity contribution >= 4 is 15.9 Å². The highest BCUT2D eigenvalue weighted by atomic mass is 79.9. The predicted octanol–water partition coefficient (Wildman–Crippen LogP) is 6.44. The minimum Gasteiger partial charge on any atom is -0.206 e. The van der Waals surface area contributed by atoms with Gasteiger partial charge in [0.2, 0.25) is 0 Å². The fourth-order valence-corrected chi connectivity index (χ4v) is 4.54. The number of hydrogen-bond donors (Lipinski definition) is 0. The van der Waals surface area contributed by atoms with E-state index < -0.39 is 0 Å². The molecule has 3 rings (SSSR count). The van der Waals surface area contributed by atoms with Gasteiger partial charge in [0.1, 0.15) is 5.82 Å². The Morgan fingerprint density at radius 3 is 2.15 bits per heavy atom. The Kier molecular flexibility index (Phi) is 4.80. The van der Waals surface area contributed by atoms with Crippen molar-refractivity contribution in [3.8, 4) is 0 Å². The van der Waals surface area contributed by atoms with Crippen LogP contribution in [0.3, 0.4) is 0 Å². The van der Waals surface area contributed by atoms with E-state index in [0.717, 1.165) is 11.8 Å². The van der Waals surface area contributed by atoms with E-state index in [-0.39, 0.29) is 5.82 Å². The summed E-state index contributed by atoms with van der Waals surface area (Å²) in [5.41, 5.74) is 1.20. The van der Waals surface area contributed by atoms with Crippen molar-refractivity contribution in [2.75, 3.05) is 0 Å². The van der Waals surface area contributed by atoms with Crippen LogP contribution in [0.25, 0.3) is 0 Å². The first-order valence-corrected chi connectivity index (χ1v) is 8.98. The Bertz CT molecular complexity index is 443. The van der Waals surface area contributed by atoms with E-state index in [1.807, 2.05) is 6.07 Å². The van der Waals surface area contributed by atoms with Gasteiger partial charge in [0.15, 0.2) is 0 Å². The van der Waals surface area contributed by atoms with Gasteiger partial charge in [-0.25, -0.2) is 4.39 Å². The molecule has 0 amide bonds. The zero-order valence-electron chi connectivity index (χ0n) is 12.1. The second kappa shape index (κ2) is 6.60. The first kappa shape index (κ1) is 14.6. The predicted molar refractivity (Wildman–Crippen MR) is 85.4 cm³/mol. The van der Waals surface area contributed by atoms with Gasteiger partial charge in [-0.15, -0.1) is 0 Å². The van der Waals surface area contributed by atoms with Crippen LogP contribution < -0.4 is 0 Å². The highest BCUT2D eigenvalue weighted by Gasteiger charge is 2.29. The van der Waals surface area contributed by atoms with Crippen LogP contribution in [0.2, 0.25) is 0 Å². The number of hydrogen-bond acceptors (Lipinski definition) is 0. The average molecular weight is 339 g/mol. The maximum atomic E-state index is 13.7. The van der Waals surface area contributed by atoms with Crippen LogP contribution in [0.1, 0.15) is 69.3 Å². The molecule has 1 aromatic carbocycles. The molecule has 2 heteroatoms. The molecule has 2 saturated carbocycles. The van der Waals surface area contributed by atoms with E-state index in [2.05, 4.69) is 22.0 Å². The van der Waals surface area contributed by atoms with Crippen molar-refractivity contribution in [2.24, 2.45) is 11.8 Å². The summed E-state index contributed by atoms with van der Waals surface area (Å²) in [6.07, 6.45) is 12.5. The average Bonchev–Trinajstić information content (AvgIpc) is 2.51. The molecule has 0 N–H and O–H groups in total. The molecule has 0 aromatic heterocycles. The van der Waals surface area contributed by atoms with Gasteiger partial charge in [-0.05, 0) is 77.1 Å². The van der Waals surface area contributed by atoms with Crippen LogP contribution >= 0.6 is 15.9 Å². The Balaban J connectivity index is 1.58. The zero-order chi connectivity index (χ0) is 13.9. The van der Waals surface area contributed by atoms with Gasteiger partial charge < -0.3 is 0 Å². The molecule has 2 aliphatic rings. The third-order valence-electron chi connectivity index (χ3n) is 5.50. The van der Waals surface area contributed by atoms with Crippen LogP contribution in [0.15, 0.2) is 22.7 Å². The normalized spacial score (nSPS) is 28.5. The third kappa shape index (κ3) is 3.27. The van der Waals surface area contributed by atoms with Gasteiger partial charge in [0.05, 0.1) is 4.47 Å². The second-order valence-electron chi connectivity index (χ2n) is 6.68. The number of halogens is 2. The molecule has 0 bridgehead atoms. The van der Waals surface area contributed by atoms with Gasteiger partial charge in [0.25, 0.3) is 0 Å². The fraction of sp³-hybridized carbons (Fsp3) is 0.667. The summed E-state index contributed by atoms with van der Waals surface area (Å²) < 4.78 is 14.2. The van der Waals surface area contributed by atoms with Crippen molar-refractivity contribution in [3.63, 3.8) is 0 Å². The van der Waals surface area contributed by atoms with E-state index in [1.165, 1.54) is 63.4 Å².